The second-order valence-corrected chi connectivity index (χ2v) is 9.52. The van der Waals surface area contributed by atoms with Gasteiger partial charge < -0.3 is 9.80 Å². The van der Waals surface area contributed by atoms with Crippen molar-refractivity contribution >= 4 is 44.6 Å². The van der Waals surface area contributed by atoms with Gasteiger partial charge in [0.05, 0.1) is 10.3 Å². The zero-order valence-electron chi connectivity index (χ0n) is 15.4. The number of nitrogens with zero attached hydrogens (tertiary/aromatic N) is 4. The van der Waals surface area contributed by atoms with E-state index >= 15 is 0 Å². The molecule has 1 aliphatic heterocycles. The molecule has 1 atom stereocenters. The second-order valence-electron chi connectivity index (χ2n) is 7.49. The van der Waals surface area contributed by atoms with Crippen molar-refractivity contribution in [1.82, 2.24) is 14.9 Å². The van der Waals surface area contributed by atoms with Crippen molar-refractivity contribution in [3.63, 3.8) is 0 Å². The van der Waals surface area contributed by atoms with Gasteiger partial charge in [0.25, 0.3) is 5.91 Å². The van der Waals surface area contributed by atoms with Gasteiger partial charge in [-0.1, -0.05) is 13.0 Å². The van der Waals surface area contributed by atoms with Crippen molar-refractivity contribution in [2.45, 2.75) is 26.2 Å². The molecule has 1 amide bonds. The summed E-state index contributed by atoms with van der Waals surface area (Å²) in [6.07, 6.45) is 5.25. The Bertz CT molecular complexity index is 973. The molecule has 0 radical (unpaired) electrons. The molecule has 1 saturated heterocycles. The Morgan fingerprint density at radius 3 is 2.85 bits per heavy atom. The highest BCUT2D eigenvalue weighted by Gasteiger charge is 2.28. The van der Waals surface area contributed by atoms with Crippen LogP contribution in [-0.4, -0.2) is 47.0 Å². The molecule has 0 bridgehead atoms. The van der Waals surface area contributed by atoms with Crippen LogP contribution in [0.3, 0.4) is 0 Å². The lowest BCUT2D eigenvalue weighted by Crippen LogP contribution is -2.49. The maximum absolute atomic E-state index is 12.6. The van der Waals surface area contributed by atoms with Gasteiger partial charge in [0.1, 0.15) is 17.0 Å². The average molecular weight is 399 g/mol. The first kappa shape index (κ1) is 17.1. The lowest BCUT2D eigenvalue weighted by Gasteiger charge is -2.35. The highest BCUT2D eigenvalue weighted by atomic mass is 32.1. The van der Waals surface area contributed by atoms with Gasteiger partial charge in [-0.05, 0) is 42.2 Å². The Morgan fingerprint density at radius 1 is 1.22 bits per heavy atom. The second kappa shape index (κ2) is 6.87. The van der Waals surface area contributed by atoms with Crippen LogP contribution >= 0.6 is 22.7 Å². The Kier molecular flexibility index (Phi) is 4.36. The van der Waals surface area contributed by atoms with Crippen molar-refractivity contribution < 1.29 is 4.79 Å². The number of hydrogen-bond donors (Lipinski definition) is 0. The number of thiophene rings is 2. The van der Waals surface area contributed by atoms with Gasteiger partial charge >= 0.3 is 0 Å². The molecular formula is C20H22N4OS2. The summed E-state index contributed by atoms with van der Waals surface area (Å²) in [6.45, 7) is 5.47. The topological polar surface area (TPSA) is 49.3 Å². The number of amides is 1. The van der Waals surface area contributed by atoms with E-state index in [0.717, 1.165) is 54.0 Å². The molecule has 27 heavy (non-hydrogen) atoms. The van der Waals surface area contributed by atoms with Gasteiger partial charge in [0.15, 0.2) is 0 Å². The number of aryl methyl sites for hydroxylation is 1. The third kappa shape index (κ3) is 3.02. The Balaban J connectivity index is 1.40. The van der Waals surface area contributed by atoms with Crippen LogP contribution in [0.4, 0.5) is 5.82 Å². The summed E-state index contributed by atoms with van der Waals surface area (Å²) >= 11 is 3.36. The average Bonchev–Trinajstić information content (AvgIpc) is 3.34. The predicted molar refractivity (Wildman–Crippen MR) is 111 cm³/mol. The molecule has 5 rings (SSSR count). The molecule has 3 aromatic rings. The van der Waals surface area contributed by atoms with Gasteiger partial charge in [-0.2, -0.15) is 0 Å². The van der Waals surface area contributed by atoms with Crippen LogP contribution in [0, 0.1) is 5.92 Å². The molecule has 1 aliphatic carbocycles. The predicted octanol–water partition coefficient (Wildman–Crippen LogP) is 3.84. The van der Waals surface area contributed by atoms with Gasteiger partial charge in [-0.3, -0.25) is 4.79 Å². The van der Waals surface area contributed by atoms with E-state index in [2.05, 4.69) is 21.8 Å². The van der Waals surface area contributed by atoms with E-state index in [1.165, 1.54) is 40.0 Å². The Hall–Kier alpha value is -1.99. The fraction of sp³-hybridized carbons (Fsp3) is 0.450. The van der Waals surface area contributed by atoms with E-state index in [9.17, 15) is 4.79 Å². The molecule has 7 heteroatoms. The molecule has 140 valence electrons. The van der Waals surface area contributed by atoms with Gasteiger partial charge in [-0.25, -0.2) is 9.97 Å². The fourth-order valence-corrected chi connectivity index (χ4v) is 6.21. The largest absolute Gasteiger partial charge is 0.352 e. The molecule has 0 aromatic carbocycles. The Morgan fingerprint density at radius 2 is 2.07 bits per heavy atom. The van der Waals surface area contributed by atoms with Crippen molar-refractivity contribution in [2.24, 2.45) is 5.92 Å². The molecule has 4 heterocycles. The first-order valence-corrected chi connectivity index (χ1v) is 11.2. The van der Waals surface area contributed by atoms with E-state index in [1.54, 1.807) is 6.33 Å². The van der Waals surface area contributed by atoms with Crippen molar-refractivity contribution in [3.8, 4) is 0 Å². The van der Waals surface area contributed by atoms with Crippen molar-refractivity contribution in [1.29, 1.82) is 0 Å². The number of piperazine rings is 1. The SMILES string of the molecule is C[C@@H]1CCc2c(sc3ncnc(N4CCN(C(=O)c5cccs5)CC4)c23)C1. The van der Waals surface area contributed by atoms with E-state index in [-0.39, 0.29) is 5.91 Å². The van der Waals surface area contributed by atoms with Gasteiger partial charge in [-0.15, -0.1) is 22.7 Å². The summed E-state index contributed by atoms with van der Waals surface area (Å²) in [5.41, 5.74) is 1.47. The molecule has 1 fully saturated rings. The quantitative estimate of drug-likeness (QED) is 0.658. The summed E-state index contributed by atoms with van der Waals surface area (Å²) in [5, 5.41) is 3.23. The Labute approximate surface area is 166 Å². The lowest BCUT2D eigenvalue weighted by molar-refractivity contribution is 0.0751. The third-order valence-corrected chi connectivity index (χ3v) is 7.69. The fourth-order valence-electron chi connectivity index (χ4n) is 4.18. The number of rotatable bonds is 2. The van der Waals surface area contributed by atoms with E-state index in [4.69, 9.17) is 0 Å². The van der Waals surface area contributed by atoms with E-state index in [0.29, 0.717) is 0 Å². The molecule has 2 aliphatic rings. The van der Waals surface area contributed by atoms with Crippen LogP contribution in [0.1, 0.15) is 33.5 Å². The summed E-state index contributed by atoms with van der Waals surface area (Å²) in [4.78, 5) is 29.6. The number of anilines is 1. The van der Waals surface area contributed by atoms with Crippen LogP contribution in [0.25, 0.3) is 10.2 Å². The number of aromatic nitrogens is 2. The monoisotopic (exact) mass is 398 g/mol. The summed E-state index contributed by atoms with van der Waals surface area (Å²) in [6, 6.07) is 3.85. The number of carbonyl (C=O) groups is 1. The summed E-state index contributed by atoms with van der Waals surface area (Å²) in [7, 11) is 0. The zero-order chi connectivity index (χ0) is 18.4. The van der Waals surface area contributed by atoms with E-state index < -0.39 is 0 Å². The van der Waals surface area contributed by atoms with Crippen molar-refractivity contribution in [3.05, 3.63) is 39.2 Å². The van der Waals surface area contributed by atoms with Crippen LogP contribution in [-0.2, 0) is 12.8 Å². The third-order valence-electron chi connectivity index (χ3n) is 5.67. The molecule has 5 nitrogen and oxygen atoms in total. The number of fused-ring (bicyclic) bond motifs is 3. The van der Waals surface area contributed by atoms with Crippen LogP contribution in [0.5, 0.6) is 0 Å². The number of hydrogen-bond acceptors (Lipinski definition) is 6. The minimum Gasteiger partial charge on any atom is -0.352 e. The number of carbonyl (C=O) groups excluding carboxylic acids is 1. The lowest BCUT2D eigenvalue weighted by atomic mass is 9.89. The standard InChI is InChI=1S/C20H22N4OS2/c1-13-4-5-14-16(11-13)27-19-17(14)18(21-12-22-19)23-6-8-24(9-7-23)20(25)15-3-2-10-26-15/h2-3,10,12-13H,4-9,11H2,1H3/t13-/m1/s1. The zero-order valence-corrected chi connectivity index (χ0v) is 17.0. The molecule has 0 saturated carbocycles. The molecule has 3 aromatic heterocycles. The smallest absolute Gasteiger partial charge is 0.264 e. The first-order chi connectivity index (χ1) is 13.2. The van der Waals surface area contributed by atoms with Crippen LogP contribution in [0.15, 0.2) is 23.8 Å². The van der Waals surface area contributed by atoms with Gasteiger partial charge in [0, 0.05) is 31.1 Å². The molecule has 0 N–H and O–H groups in total. The first-order valence-electron chi connectivity index (χ1n) is 9.53. The normalized spacial score (nSPS) is 20.1. The maximum atomic E-state index is 12.6. The van der Waals surface area contributed by atoms with Crippen LogP contribution in [0.2, 0.25) is 0 Å². The minimum absolute atomic E-state index is 0.152. The highest BCUT2D eigenvalue weighted by Crippen LogP contribution is 2.40. The van der Waals surface area contributed by atoms with Crippen molar-refractivity contribution in [2.75, 3.05) is 31.1 Å². The summed E-state index contributed by atoms with van der Waals surface area (Å²) < 4.78 is 0. The maximum Gasteiger partial charge on any atom is 0.264 e. The molecule has 0 unspecified atom stereocenters. The molecular weight excluding hydrogens is 376 g/mol. The van der Waals surface area contributed by atoms with E-state index in [1.807, 2.05) is 33.7 Å². The summed E-state index contributed by atoms with van der Waals surface area (Å²) in [5.74, 6) is 1.98. The van der Waals surface area contributed by atoms with Gasteiger partial charge in [0.2, 0.25) is 0 Å². The highest BCUT2D eigenvalue weighted by molar-refractivity contribution is 7.19. The van der Waals surface area contributed by atoms with Crippen LogP contribution < -0.4 is 4.90 Å². The minimum atomic E-state index is 0.152. The molecule has 0 spiro atoms.